The lowest BCUT2D eigenvalue weighted by Gasteiger charge is -2.52. The molecule has 0 saturated heterocycles. The summed E-state index contributed by atoms with van der Waals surface area (Å²) in [5, 5.41) is 0. The molecule has 158 valence electrons. The molecule has 3 nitrogen and oxygen atoms in total. The van der Waals surface area contributed by atoms with Crippen LogP contribution in [0.4, 0.5) is 0 Å². The van der Waals surface area contributed by atoms with E-state index < -0.39 is 0 Å². The molecular weight excluding hydrogens is 372 g/mol. The van der Waals surface area contributed by atoms with Gasteiger partial charge in [0.15, 0.2) is 11.6 Å². The number of hydrogen-bond acceptors (Lipinski definition) is 3. The van der Waals surface area contributed by atoms with Gasteiger partial charge in [0.25, 0.3) is 0 Å². The average molecular weight is 405 g/mol. The van der Waals surface area contributed by atoms with Gasteiger partial charge in [0, 0.05) is 25.0 Å². The maximum Gasteiger partial charge on any atom is 0.159 e. The van der Waals surface area contributed by atoms with Gasteiger partial charge in [0.2, 0.25) is 0 Å². The number of Topliss-reactive ketones (excluding diaryl/α,β-unsaturated/α-hetero) is 1. The fourth-order valence-electron chi connectivity index (χ4n) is 7.25. The molecule has 1 aromatic carbocycles. The molecule has 0 bridgehead atoms. The normalized spacial score (nSPS) is 35.4. The average Bonchev–Trinajstić information content (AvgIpc) is 3.08. The van der Waals surface area contributed by atoms with Crippen molar-refractivity contribution in [2.24, 2.45) is 17.3 Å². The molecule has 0 spiro atoms. The molecule has 5 atom stereocenters. The first-order valence-corrected chi connectivity index (χ1v) is 11.5. The molecule has 0 aromatic heterocycles. The van der Waals surface area contributed by atoms with Crippen LogP contribution in [0.15, 0.2) is 47.1 Å². The van der Waals surface area contributed by atoms with Crippen molar-refractivity contribution in [2.45, 2.75) is 70.8 Å². The Morgan fingerprint density at radius 1 is 1.07 bits per heavy atom. The molecule has 2 saturated carbocycles. The fourth-order valence-corrected chi connectivity index (χ4v) is 7.25. The lowest BCUT2D eigenvalue weighted by molar-refractivity contribution is -0.114. The zero-order valence-electron chi connectivity index (χ0n) is 18.4. The third-order valence-electron chi connectivity index (χ3n) is 8.65. The Labute approximate surface area is 179 Å². The van der Waals surface area contributed by atoms with Crippen molar-refractivity contribution in [1.82, 2.24) is 0 Å². The predicted molar refractivity (Wildman–Crippen MR) is 118 cm³/mol. The molecule has 3 heteroatoms. The van der Waals surface area contributed by atoms with Crippen molar-refractivity contribution in [2.75, 3.05) is 7.11 Å². The van der Waals surface area contributed by atoms with E-state index in [2.05, 4.69) is 19.1 Å². The first kappa shape index (κ1) is 19.9. The van der Waals surface area contributed by atoms with Gasteiger partial charge in [0.1, 0.15) is 0 Å². The number of allylic oxidation sites excluding steroid dienone is 4. The van der Waals surface area contributed by atoms with Crippen LogP contribution in [0.25, 0.3) is 0 Å². The summed E-state index contributed by atoms with van der Waals surface area (Å²) in [6.45, 7) is 4.08. The lowest BCUT2D eigenvalue weighted by atomic mass is 9.53. The van der Waals surface area contributed by atoms with E-state index in [-0.39, 0.29) is 17.0 Å². The number of carbonyl (C=O) groups excluding carboxylic acids is 2. The fraction of sp³-hybridized carbons (Fsp3) is 0.556. The molecule has 0 heterocycles. The number of rotatable bonds is 3. The maximum absolute atomic E-state index is 12.1. The topological polar surface area (TPSA) is 43.4 Å². The van der Waals surface area contributed by atoms with Gasteiger partial charge in [0.05, 0.1) is 6.10 Å². The summed E-state index contributed by atoms with van der Waals surface area (Å²) in [5.74, 6) is 2.00. The summed E-state index contributed by atoms with van der Waals surface area (Å²) in [4.78, 5) is 23.9. The van der Waals surface area contributed by atoms with E-state index in [0.29, 0.717) is 30.3 Å². The Morgan fingerprint density at radius 2 is 1.83 bits per heavy atom. The minimum atomic E-state index is 0.112. The van der Waals surface area contributed by atoms with Crippen LogP contribution in [0.2, 0.25) is 0 Å². The highest BCUT2D eigenvalue weighted by Gasteiger charge is 2.56. The Kier molecular flexibility index (Phi) is 4.85. The van der Waals surface area contributed by atoms with Gasteiger partial charge in [-0.25, -0.2) is 0 Å². The minimum absolute atomic E-state index is 0.112. The number of benzene rings is 1. The summed E-state index contributed by atoms with van der Waals surface area (Å²) in [6, 6.07) is 8.30. The number of ether oxygens (including phenoxy) is 1. The maximum atomic E-state index is 12.1. The Hall–Kier alpha value is -2.00. The molecule has 4 aliphatic carbocycles. The highest BCUT2D eigenvalue weighted by molar-refractivity contribution is 5.94. The largest absolute Gasteiger partial charge is 0.381 e. The molecule has 1 aromatic rings. The molecule has 0 N–H and O–H groups in total. The highest BCUT2D eigenvalue weighted by atomic mass is 16.5. The summed E-state index contributed by atoms with van der Waals surface area (Å²) in [5.41, 5.74) is 6.65. The molecule has 2 fully saturated rings. The Morgan fingerprint density at radius 3 is 2.53 bits per heavy atom. The quantitative estimate of drug-likeness (QED) is 0.598. The predicted octanol–water partition coefficient (Wildman–Crippen LogP) is 5.80. The Balaban J connectivity index is 1.65. The second kappa shape index (κ2) is 7.30. The smallest absolute Gasteiger partial charge is 0.159 e. The van der Waals surface area contributed by atoms with Crippen LogP contribution >= 0.6 is 0 Å². The van der Waals surface area contributed by atoms with Gasteiger partial charge in [-0.1, -0.05) is 36.8 Å². The molecule has 5 rings (SSSR count). The molecule has 0 radical (unpaired) electrons. The second-order valence-electron chi connectivity index (χ2n) is 10.1. The standard InChI is InChI=1S/C27H32O3/c1-16(28)17-4-6-18(7-5-17)23-15-27(2)24(12-13-25(27)30-3)22-10-8-19-14-20(29)9-11-21(19)26(22)23/h4-7,14,22-25H,8-13,15H2,1-3H3/t22-,23+,24-,25-,27-/m0/s1. The van der Waals surface area contributed by atoms with Crippen molar-refractivity contribution in [3.05, 3.63) is 58.2 Å². The summed E-state index contributed by atoms with van der Waals surface area (Å²) in [6.07, 6.45) is 9.45. The van der Waals surface area contributed by atoms with Gasteiger partial charge in [-0.15, -0.1) is 0 Å². The van der Waals surface area contributed by atoms with Crippen molar-refractivity contribution < 1.29 is 14.3 Å². The highest BCUT2D eigenvalue weighted by Crippen LogP contribution is 2.64. The Bertz CT molecular complexity index is 951. The molecule has 4 aliphatic rings. The van der Waals surface area contributed by atoms with Crippen LogP contribution in [0.5, 0.6) is 0 Å². The first-order valence-electron chi connectivity index (χ1n) is 11.5. The number of carbonyl (C=O) groups is 2. The van der Waals surface area contributed by atoms with Crippen molar-refractivity contribution in [1.29, 1.82) is 0 Å². The van der Waals surface area contributed by atoms with Crippen molar-refractivity contribution >= 4 is 11.6 Å². The minimum Gasteiger partial charge on any atom is -0.381 e. The summed E-state index contributed by atoms with van der Waals surface area (Å²) < 4.78 is 6.00. The van der Waals surface area contributed by atoms with Crippen LogP contribution in [0.3, 0.4) is 0 Å². The third-order valence-corrected chi connectivity index (χ3v) is 8.65. The zero-order valence-corrected chi connectivity index (χ0v) is 18.4. The van der Waals surface area contributed by atoms with E-state index in [1.165, 1.54) is 23.1 Å². The molecule has 30 heavy (non-hydrogen) atoms. The van der Waals surface area contributed by atoms with Gasteiger partial charge < -0.3 is 4.74 Å². The van der Waals surface area contributed by atoms with Gasteiger partial charge in [-0.05, 0) is 85.5 Å². The number of methoxy groups -OCH3 is 1. The van der Waals surface area contributed by atoms with E-state index in [1.807, 2.05) is 25.3 Å². The number of fused-ring (bicyclic) bond motifs is 4. The number of ketones is 2. The first-order chi connectivity index (χ1) is 14.4. The van der Waals surface area contributed by atoms with Crippen LogP contribution in [0.1, 0.15) is 80.6 Å². The number of hydrogen-bond donors (Lipinski definition) is 0. The van der Waals surface area contributed by atoms with Gasteiger partial charge >= 0.3 is 0 Å². The van der Waals surface area contributed by atoms with Gasteiger partial charge in [-0.2, -0.15) is 0 Å². The summed E-state index contributed by atoms with van der Waals surface area (Å²) in [7, 11) is 1.87. The van der Waals surface area contributed by atoms with E-state index in [4.69, 9.17) is 4.74 Å². The molecule has 0 unspecified atom stereocenters. The summed E-state index contributed by atoms with van der Waals surface area (Å²) >= 11 is 0. The van der Waals surface area contributed by atoms with Crippen LogP contribution in [-0.4, -0.2) is 24.8 Å². The van der Waals surface area contributed by atoms with Gasteiger partial charge in [-0.3, -0.25) is 9.59 Å². The SMILES string of the molecule is CO[C@H]1CC[C@H]2[C@@H]3CCC4=CC(=O)CCC4=C3[C@@H](c3ccc(C(C)=O)cc3)C[C@]12C. The van der Waals surface area contributed by atoms with E-state index >= 15 is 0 Å². The zero-order chi connectivity index (χ0) is 21.0. The van der Waals surface area contributed by atoms with Crippen molar-refractivity contribution in [3.8, 4) is 0 Å². The third kappa shape index (κ3) is 2.97. The van der Waals surface area contributed by atoms with E-state index in [1.54, 1.807) is 12.5 Å². The second-order valence-corrected chi connectivity index (χ2v) is 10.1. The van der Waals surface area contributed by atoms with Crippen LogP contribution in [0, 0.1) is 17.3 Å². The lowest BCUT2D eigenvalue weighted by Crippen LogP contribution is -2.45. The molecule has 0 aliphatic heterocycles. The molecule has 0 amide bonds. The molecular formula is C27H32O3. The van der Waals surface area contributed by atoms with E-state index in [9.17, 15) is 9.59 Å². The van der Waals surface area contributed by atoms with Crippen molar-refractivity contribution in [3.63, 3.8) is 0 Å². The monoisotopic (exact) mass is 404 g/mol. The van der Waals surface area contributed by atoms with E-state index in [0.717, 1.165) is 37.7 Å². The van der Waals surface area contributed by atoms with Crippen LogP contribution < -0.4 is 0 Å². The van der Waals surface area contributed by atoms with Crippen LogP contribution in [-0.2, 0) is 9.53 Å².